The van der Waals surface area contributed by atoms with E-state index in [9.17, 15) is 13.6 Å². The normalized spacial score (nSPS) is 25.5. The van der Waals surface area contributed by atoms with Gasteiger partial charge >= 0.3 is 0 Å². The number of amides is 1. The van der Waals surface area contributed by atoms with Crippen molar-refractivity contribution in [2.45, 2.75) is 32.1 Å². The van der Waals surface area contributed by atoms with Crippen molar-refractivity contribution >= 4 is 11.6 Å². The van der Waals surface area contributed by atoms with E-state index in [0.717, 1.165) is 37.6 Å². The molecule has 1 aliphatic carbocycles. The van der Waals surface area contributed by atoms with Crippen molar-refractivity contribution < 1.29 is 13.6 Å². The largest absolute Gasteiger partial charge is 0.322 e. The maximum atomic E-state index is 13.5. The first-order chi connectivity index (χ1) is 10.6. The van der Waals surface area contributed by atoms with Gasteiger partial charge in [0, 0.05) is 12.6 Å². The van der Waals surface area contributed by atoms with Gasteiger partial charge in [0.2, 0.25) is 5.91 Å². The zero-order chi connectivity index (χ0) is 15.5. The van der Waals surface area contributed by atoms with Crippen LogP contribution in [0.2, 0.25) is 0 Å². The Labute approximate surface area is 129 Å². The molecule has 5 heteroatoms. The molecule has 1 saturated carbocycles. The molecule has 0 aromatic heterocycles. The van der Waals surface area contributed by atoms with Gasteiger partial charge in [-0.1, -0.05) is 19.3 Å². The van der Waals surface area contributed by atoms with E-state index in [1.807, 2.05) is 0 Å². The van der Waals surface area contributed by atoms with Gasteiger partial charge in [-0.3, -0.25) is 9.69 Å². The smallest absolute Gasteiger partial charge is 0.238 e. The number of carbonyl (C=O) groups is 1. The van der Waals surface area contributed by atoms with Crippen LogP contribution in [0.5, 0.6) is 0 Å². The molecule has 0 unspecified atom stereocenters. The third-order valence-corrected chi connectivity index (χ3v) is 4.95. The molecule has 2 fully saturated rings. The van der Waals surface area contributed by atoms with E-state index < -0.39 is 11.6 Å². The zero-order valence-corrected chi connectivity index (χ0v) is 12.7. The molecule has 2 atom stereocenters. The van der Waals surface area contributed by atoms with E-state index >= 15 is 0 Å². The Balaban J connectivity index is 1.53. The number of likely N-dealkylation sites (tertiary alicyclic amines) is 1. The van der Waals surface area contributed by atoms with Crippen LogP contribution in [0.15, 0.2) is 18.2 Å². The number of piperidine rings is 1. The summed E-state index contributed by atoms with van der Waals surface area (Å²) in [6, 6.07) is 3.19. The van der Waals surface area contributed by atoms with Gasteiger partial charge in [0.15, 0.2) is 0 Å². The number of hydrogen-bond donors (Lipinski definition) is 1. The quantitative estimate of drug-likeness (QED) is 0.928. The van der Waals surface area contributed by atoms with E-state index in [0.29, 0.717) is 5.92 Å². The van der Waals surface area contributed by atoms with Gasteiger partial charge in [-0.05, 0) is 43.4 Å². The van der Waals surface area contributed by atoms with E-state index in [1.54, 1.807) is 0 Å². The molecule has 120 valence electrons. The number of carbonyl (C=O) groups excluding carboxylic acids is 1. The fourth-order valence-corrected chi connectivity index (χ4v) is 3.80. The van der Waals surface area contributed by atoms with Gasteiger partial charge in [-0.25, -0.2) is 8.78 Å². The number of halogens is 2. The van der Waals surface area contributed by atoms with Crippen LogP contribution in [0, 0.1) is 23.5 Å². The number of benzene rings is 1. The molecule has 1 heterocycles. The molecule has 1 N–H and O–H groups in total. The highest BCUT2D eigenvalue weighted by atomic mass is 19.1. The van der Waals surface area contributed by atoms with E-state index in [2.05, 4.69) is 10.2 Å². The van der Waals surface area contributed by atoms with Crippen LogP contribution in [0.4, 0.5) is 14.5 Å². The summed E-state index contributed by atoms with van der Waals surface area (Å²) in [7, 11) is 0. The average molecular weight is 308 g/mol. The van der Waals surface area contributed by atoms with Crippen molar-refractivity contribution in [1.82, 2.24) is 4.90 Å². The van der Waals surface area contributed by atoms with Crippen LogP contribution in [0.25, 0.3) is 0 Å². The second-order valence-corrected chi connectivity index (χ2v) is 6.50. The van der Waals surface area contributed by atoms with Gasteiger partial charge in [-0.15, -0.1) is 0 Å². The highest BCUT2D eigenvalue weighted by Gasteiger charge is 2.31. The second kappa shape index (κ2) is 6.73. The number of rotatable bonds is 3. The first-order valence-electron chi connectivity index (χ1n) is 8.09. The molecule has 3 rings (SSSR count). The molecule has 0 bridgehead atoms. The first-order valence-corrected chi connectivity index (χ1v) is 8.09. The van der Waals surface area contributed by atoms with Crippen LogP contribution in [-0.2, 0) is 4.79 Å². The predicted molar refractivity (Wildman–Crippen MR) is 81.5 cm³/mol. The van der Waals surface area contributed by atoms with Crippen LogP contribution >= 0.6 is 0 Å². The summed E-state index contributed by atoms with van der Waals surface area (Å²) in [5.41, 5.74) is 0.0407. The summed E-state index contributed by atoms with van der Waals surface area (Å²) in [5, 5.41) is 2.53. The lowest BCUT2D eigenvalue weighted by molar-refractivity contribution is -0.118. The molecule has 0 radical (unpaired) electrons. The Morgan fingerprint density at radius 3 is 2.73 bits per heavy atom. The van der Waals surface area contributed by atoms with Crippen molar-refractivity contribution in [2.75, 3.05) is 25.0 Å². The Bertz CT molecular complexity index is 549. The van der Waals surface area contributed by atoms with Gasteiger partial charge in [0.25, 0.3) is 0 Å². The maximum Gasteiger partial charge on any atom is 0.238 e. The first kappa shape index (κ1) is 15.4. The Morgan fingerprint density at radius 2 is 1.95 bits per heavy atom. The van der Waals surface area contributed by atoms with Crippen molar-refractivity contribution in [3.05, 3.63) is 29.8 Å². The molecule has 2 aliphatic rings. The third-order valence-electron chi connectivity index (χ3n) is 4.95. The summed E-state index contributed by atoms with van der Waals surface area (Å²) in [6.45, 7) is 2.17. The number of nitrogens with one attached hydrogen (secondary N) is 1. The standard InChI is InChI=1S/C17H22F2N2O/c18-14-5-6-16(15(19)9-14)20-17(22)11-21-8-7-12-3-1-2-4-13(12)10-21/h5-6,9,12-13H,1-4,7-8,10-11H2,(H,20,22)/t12-,13-/m1/s1. The molecule has 22 heavy (non-hydrogen) atoms. The Morgan fingerprint density at radius 1 is 1.18 bits per heavy atom. The molecule has 1 amide bonds. The molecule has 1 aromatic carbocycles. The minimum absolute atomic E-state index is 0.0407. The van der Waals surface area contributed by atoms with E-state index in [4.69, 9.17) is 0 Å². The van der Waals surface area contributed by atoms with Crippen LogP contribution in [0.3, 0.4) is 0 Å². The summed E-state index contributed by atoms with van der Waals surface area (Å²) in [5.74, 6) is -0.0885. The fraction of sp³-hybridized carbons (Fsp3) is 0.588. The van der Waals surface area contributed by atoms with Crippen molar-refractivity contribution in [3.8, 4) is 0 Å². The second-order valence-electron chi connectivity index (χ2n) is 6.50. The van der Waals surface area contributed by atoms with Gasteiger partial charge < -0.3 is 5.32 Å². The van der Waals surface area contributed by atoms with E-state index in [1.165, 1.54) is 31.7 Å². The lowest BCUT2D eigenvalue weighted by Crippen LogP contribution is -2.44. The summed E-state index contributed by atoms with van der Waals surface area (Å²) in [4.78, 5) is 14.2. The fourth-order valence-electron chi connectivity index (χ4n) is 3.80. The topological polar surface area (TPSA) is 32.3 Å². The molecule has 1 aliphatic heterocycles. The SMILES string of the molecule is O=C(CN1CC[C@H]2CCCC[C@@H]2C1)Nc1ccc(F)cc1F. The van der Waals surface area contributed by atoms with Crippen molar-refractivity contribution in [1.29, 1.82) is 0 Å². The van der Waals surface area contributed by atoms with Crippen LogP contribution < -0.4 is 5.32 Å². The summed E-state index contributed by atoms with van der Waals surface area (Å²) >= 11 is 0. The molecule has 1 aromatic rings. The number of hydrogen-bond acceptors (Lipinski definition) is 2. The van der Waals surface area contributed by atoms with Crippen LogP contribution in [0.1, 0.15) is 32.1 Å². The number of fused-ring (bicyclic) bond motifs is 1. The van der Waals surface area contributed by atoms with Gasteiger partial charge in [0.05, 0.1) is 12.2 Å². The number of nitrogens with zero attached hydrogens (tertiary/aromatic N) is 1. The Hall–Kier alpha value is -1.49. The van der Waals surface area contributed by atoms with Gasteiger partial charge in [-0.2, -0.15) is 0 Å². The van der Waals surface area contributed by atoms with Crippen molar-refractivity contribution in [2.24, 2.45) is 11.8 Å². The molecule has 3 nitrogen and oxygen atoms in total. The van der Waals surface area contributed by atoms with Crippen LogP contribution in [-0.4, -0.2) is 30.4 Å². The minimum atomic E-state index is -0.737. The third kappa shape index (κ3) is 3.64. The summed E-state index contributed by atoms with van der Waals surface area (Å²) in [6.07, 6.45) is 6.37. The monoisotopic (exact) mass is 308 g/mol. The highest BCUT2D eigenvalue weighted by molar-refractivity contribution is 5.92. The summed E-state index contributed by atoms with van der Waals surface area (Å²) < 4.78 is 26.4. The van der Waals surface area contributed by atoms with Crippen molar-refractivity contribution in [3.63, 3.8) is 0 Å². The zero-order valence-electron chi connectivity index (χ0n) is 12.7. The van der Waals surface area contributed by atoms with Gasteiger partial charge in [0.1, 0.15) is 11.6 Å². The average Bonchev–Trinajstić information content (AvgIpc) is 2.50. The number of anilines is 1. The minimum Gasteiger partial charge on any atom is -0.322 e. The molecule has 0 spiro atoms. The maximum absolute atomic E-state index is 13.5. The lowest BCUT2D eigenvalue weighted by atomic mass is 9.75. The molecular weight excluding hydrogens is 286 g/mol. The predicted octanol–water partition coefficient (Wildman–Crippen LogP) is 3.42. The lowest BCUT2D eigenvalue weighted by Gasteiger charge is -2.41. The van der Waals surface area contributed by atoms with E-state index in [-0.39, 0.29) is 18.1 Å². The molecular formula is C17H22F2N2O. The Kier molecular flexibility index (Phi) is 4.71. The molecule has 1 saturated heterocycles. The highest BCUT2D eigenvalue weighted by Crippen LogP contribution is 2.35.